The second-order valence-corrected chi connectivity index (χ2v) is 7.79. The third-order valence-corrected chi connectivity index (χ3v) is 5.42. The number of carbonyl (C=O) groups excluding carboxylic acids is 2. The van der Waals surface area contributed by atoms with Gasteiger partial charge in [-0.2, -0.15) is 0 Å². The molecule has 0 radical (unpaired) electrons. The van der Waals surface area contributed by atoms with Crippen molar-refractivity contribution in [2.24, 2.45) is 0 Å². The molecule has 6 nitrogen and oxygen atoms in total. The predicted molar refractivity (Wildman–Crippen MR) is 110 cm³/mol. The van der Waals surface area contributed by atoms with Gasteiger partial charge in [-0.1, -0.05) is 35.5 Å². The minimum atomic E-state index is -0.215. The maximum Gasteiger partial charge on any atom is 0.266 e. The van der Waals surface area contributed by atoms with Crippen molar-refractivity contribution in [1.29, 1.82) is 0 Å². The minimum Gasteiger partial charge on any atom is -0.325 e. The summed E-state index contributed by atoms with van der Waals surface area (Å²) < 4.78 is 0. The quantitative estimate of drug-likeness (QED) is 0.610. The summed E-state index contributed by atoms with van der Waals surface area (Å²) in [7, 11) is 0. The summed E-state index contributed by atoms with van der Waals surface area (Å²) in [5.41, 5.74) is 2.99. The molecule has 2 aromatic heterocycles. The van der Waals surface area contributed by atoms with E-state index < -0.39 is 0 Å². The fourth-order valence-corrected chi connectivity index (χ4v) is 3.56. The number of anilines is 2. The molecular weight excluding hydrogens is 380 g/mol. The largest absolute Gasteiger partial charge is 0.325 e. The first kappa shape index (κ1) is 19.1. The maximum atomic E-state index is 12.1. The molecule has 2 N–H and O–H groups in total. The van der Waals surface area contributed by atoms with Crippen LogP contribution in [0.4, 0.5) is 11.5 Å². The highest BCUT2D eigenvalue weighted by atomic mass is 32.2. The zero-order chi connectivity index (χ0) is 19.2. The number of amides is 2. The highest BCUT2D eigenvalue weighted by Gasteiger charge is 2.10. The summed E-state index contributed by atoms with van der Waals surface area (Å²) in [6, 6.07) is 12.8. The molecule has 1 aromatic carbocycles. The summed E-state index contributed by atoms with van der Waals surface area (Å²) in [6.45, 7) is 3.98. The Morgan fingerprint density at radius 2 is 1.93 bits per heavy atom. The van der Waals surface area contributed by atoms with Gasteiger partial charge in [-0.3, -0.25) is 9.59 Å². The van der Waals surface area contributed by atoms with Crippen LogP contribution in [0.2, 0.25) is 0 Å². The monoisotopic (exact) mass is 398 g/mol. The van der Waals surface area contributed by atoms with Gasteiger partial charge in [0.15, 0.2) is 5.82 Å². The van der Waals surface area contributed by atoms with E-state index in [1.165, 1.54) is 23.1 Å². The molecule has 0 fully saturated rings. The first-order chi connectivity index (χ1) is 13.0. The van der Waals surface area contributed by atoms with Gasteiger partial charge in [0.25, 0.3) is 5.91 Å². The van der Waals surface area contributed by atoms with Crippen molar-refractivity contribution in [3.63, 3.8) is 0 Å². The number of benzene rings is 1. The zero-order valence-corrected chi connectivity index (χ0v) is 16.5. The summed E-state index contributed by atoms with van der Waals surface area (Å²) in [5, 5.41) is 16.1. The van der Waals surface area contributed by atoms with Crippen LogP contribution in [-0.2, 0) is 4.79 Å². The lowest BCUT2D eigenvalue weighted by atomic mass is 10.1. The van der Waals surface area contributed by atoms with E-state index in [4.69, 9.17) is 0 Å². The Bertz CT molecular complexity index is 941. The highest BCUT2D eigenvalue weighted by molar-refractivity contribution is 7.99. The van der Waals surface area contributed by atoms with Crippen molar-refractivity contribution < 1.29 is 9.59 Å². The first-order valence-corrected chi connectivity index (χ1v) is 10.1. The number of thioether (sulfide) groups is 1. The van der Waals surface area contributed by atoms with Gasteiger partial charge < -0.3 is 10.6 Å². The third kappa shape index (κ3) is 5.38. The highest BCUT2D eigenvalue weighted by Crippen LogP contribution is 2.19. The molecule has 0 aliphatic carbocycles. The van der Waals surface area contributed by atoms with Crippen LogP contribution in [0.15, 0.2) is 52.9 Å². The molecular formula is C19H18N4O2S2. The molecule has 2 amide bonds. The number of aromatic nitrogens is 2. The molecule has 0 saturated carbocycles. The van der Waals surface area contributed by atoms with Gasteiger partial charge in [0.2, 0.25) is 5.91 Å². The van der Waals surface area contributed by atoms with Gasteiger partial charge in [-0.25, -0.2) is 0 Å². The number of nitrogens with zero attached hydrogens (tertiary/aromatic N) is 2. The Kier molecular flexibility index (Phi) is 6.20. The van der Waals surface area contributed by atoms with E-state index in [9.17, 15) is 9.59 Å². The van der Waals surface area contributed by atoms with Gasteiger partial charge in [0.05, 0.1) is 10.6 Å². The Labute approximate surface area is 165 Å². The van der Waals surface area contributed by atoms with E-state index in [0.29, 0.717) is 15.7 Å². The summed E-state index contributed by atoms with van der Waals surface area (Å²) in [6.07, 6.45) is 0. The second-order valence-electron chi connectivity index (χ2n) is 5.84. The second kappa shape index (κ2) is 8.79. The fourth-order valence-electron chi connectivity index (χ4n) is 2.33. The molecule has 0 aliphatic rings. The number of rotatable bonds is 6. The van der Waals surface area contributed by atoms with Crippen LogP contribution < -0.4 is 10.6 Å². The topological polar surface area (TPSA) is 84.0 Å². The molecule has 3 rings (SSSR count). The van der Waals surface area contributed by atoms with Crippen molar-refractivity contribution in [3.05, 3.63) is 63.8 Å². The van der Waals surface area contributed by atoms with E-state index in [1.54, 1.807) is 18.2 Å². The van der Waals surface area contributed by atoms with Gasteiger partial charge in [0.1, 0.15) is 5.03 Å². The van der Waals surface area contributed by atoms with Crippen LogP contribution in [-0.4, -0.2) is 27.8 Å². The number of nitrogens with one attached hydrogen (secondary N) is 2. The maximum absolute atomic E-state index is 12.1. The van der Waals surface area contributed by atoms with Crippen LogP contribution in [0, 0.1) is 13.8 Å². The van der Waals surface area contributed by atoms with E-state index in [0.717, 1.165) is 16.8 Å². The average Bonchev–Trinajstić information content (AvgIpc) is 3.18. The molecule has 8 heteroatoms. The van der Waals surface area contributed by atoms with Crippen molar-refractivity contribution in [3.8, 4) is 0 Å². The standard InChI is InChI=1S/C19H18N4O2S2/c1-12-5-6-14(13(2)10-12)20-17(24)11-27-18-8-7-16(22-23-18)21-19(25)15-4-3-9-26-15/h3-10H,11H2,1-2H3,(H,20,24)(H,21,22,25). The molecule has 0 unspecified atom stereocenters. The lowest BCUT2D eigenvalue weighted by Gasteiger charge is -2.09. The molecule has 0 atom stereocenters. The molecule has 27 heavy (non-hydrogen) atoms. The van der Waals surface area contributed by atoms with E-state index >= 15 is 0 Å². The number of hydrogen-bond acceptors (Lipinski definition) is 6. The van der Waals surface area contributed by atoms with E-state index in [1.807, 2.05) is 43.5 Å². The third-order valence-electron chi connectivity index (χ3n) is 3.63. The number of carbonyl (C=O) groups is 2. The summed E-state index contributed by atoms with van der Waals surface area (Å²) in [5.74, 6) is 0.275. The zero-order valence-electron chi connectivity index (χ0n) is 14.9. The summed E-state index contributed by atoms with van der Waals surface area (Å²) >= 11 is 2.64. The van der Waals surface area contributed by atoms with Gasteiger partial charge in [-0.15, -0.1) is 21.5 Å². The van der Waals surface area contributed by atoms with Crippen molar-refractivity contribution in [1.82, 2.24) is 10.2 Å². The first-order valence-electron chi connectivity index (χ1n) is 8.20. The predicted octanol–water partition coefficient (Wildman–Crippen LogP) is 4.14. The van der Waals surface area contributed by atoms with Gasteiger partial charge in [0, 0.05) is 5.69 Å². The molecule has 2 heterocycles. The number of aryl methyl sites for hydroxylation is 2. The molecule has 3 aromatic rings. The van der Waals surface area contributed by atoms with Crippen molar-refractivity contribution >= 4 is 46.4 Å². The lowest BCUT2D eigenvalue weighted by molar-refractivity contribution is -0.113. The Morgan fingerprint density at radius 3 is 2.59 bits per heavy atom. The summed E-state index contributed by atoms with van der Waals surface area (Å²) in [4.78, 5) is 24.7. The molecule has 138 valence electrons. The molecule has 0 spiro atoms. The Morgan fingerprint density at radius 1 is 1.07 bits per heavy atom. The van der Waals surface area contributed by atoms with Crippen LogP contribution >= 0.6 is 23.1 Å². The SMILES string of the molecule is Cc1ccc(NC(=O)CSc2ccc(NC(=O)c3cccs3)nn2)c(C)c1. The van der Waals surface area contributed by atoms with Gasteiger partial charge in [-0.05, 0) is 49.1 Å². The average molecular weight is 399 g/mol. The molecule has 0 saturated heterocycles. The van der Waals surface area contributed by atoms with Crippen LogP contribution in [0.1, 0.15) is 20.8 Å². The molecule has 0 aliphatic heterocycles. The van der Waals surface area contributed by atoms with Crippen LogP contribution in [0.3, 0.4) is 0 Å². The fraction of sp³-hybridized carbons (Fsp3) is 0.158. The smallest absolute Gasteiger partial charge is 0.266 e. The minimum absolute atomic E-state index is 0.108. The van der Waals surface area contributed by atoms with E-state index in [-0.39, 0.29) is 17.6 Å². The Hall–Kier alpha value is -2.71. The number of thiophene rings is 1. The molecule has 0 bridgehead atoms. The number of hydrogen-bond donors (Lipinski definition) is 2. The van der Waals surface area contributed by atoms with Crippen molar-refractivity contribution in [2.75, 3.05) is 16.4 Å². The van der Waals surface area contributed by atoms with Gasteiger partial charge >= 0.3 is 0 Å². The Balaban J connectivity index is 1.51. The van der Waals surface area contributed by atoms with Crippen molar-refractivity contribution in [2.45, 2.75) is 18.9 Å². The normalized spacial score (nSPS) is 10.4. The van der Waals surface area contributed by atoms with Crippen LogP contribution in [0.25, 0.3) is 0 Å². The van der Waals surface area contributed by atoms with E-state index in [2.05, 4.69) is 20.8 Å². The lowest BCUT2D eigenvalue weighted by Crippen LogP contribution is -2.15. The van der Waals surface area contributed by atoms with Crippen LogP contribution in [0.5, 0.6) is 0 Å².